The molecule has 3 aromatic rings. The Kier molecular flexibility index (Phi) is 4.97. The molecule has 152 valence electrons. The summed E-state index contributed by atoms with van der Waals surface area (Å²) in [5.74, 6) is 1.54. The number of aldehydes is 1. The van der Waals surface area contributed by atoms with Gasteiger partial charge in [-0.15, -0.1) is 0 Å². The minimum atomic E-state index is 0.654. The summed E-state index contributed by atoms with van der Waals surface area (Å²) in [6, 6.07) is 17.3. The first kappa shape index (κ1) is 18.8. The Morgan fingerprint density at radius 1 is 1.13 bits per heavy atom. The van der Waals surface area contributed by atoms with Crippen LogP contribution in [0.25, 0.3) is 16.5 Å². The highest BCUT2D eigenvalue weighted by Crippen LogP contribution is 2.40. The molecule has 1 N–H and O–H groups in total. The largest absolute Gasteiger partial charge is 0.343 e. The third-order valence-electron chi connectivity index (χ3n) is 6.35. The molecule has 5 heteroatoms. The van der Waals surface area contributed by atoms with Gasteiger partial charge in [-0.2, -0.15) is 5.10 Å². The Bertz CT molecular complexity index is 1130. The van der Waals surface area contributed by atoms with Gasteiger partial charge in [-0.05, 0) is 66.3 Å². The van der Waals surface area contributed by atoms with Crippen molar-refractivity contribution in [2.75, 3.05) is 25.6 Å². The average molecular weight is 399 g/mol. The van der Waals surface area contributed by atoms with Gasteiger partial charge in [0.2, 0.25) is 0 Å². The quantitative estimate of drug-likeness (QED) is 0.384. The third-order valence-corrected chi connectivity index (χ3v) is 6.35. The molecule has 1 aromatic heterocycles. The Morgan fingerprint density at radius 3 is 2.80 bits per heavy atom. The number of hydrogen-bond donors (Lipinski definition) is 1. The van der Waals surface area contributed by atoms with Crippen LogP contribution in [0.3, 0.4) is 0 Å². The third kappa shape index (κ3) is 3.68. The van der Waals surface area contributed by atoms with Crippen molar-refractivity contribution < 1.29 is 4.79 Å². The molecule has 5 rings (SSSR count). The zero-order valence-electron chi connectivity index (χ0n) is 17.2. The van der Waals surface area contributed by atoms with Crippen molar-refractivity contribution >= 4 is 34.7 Å². The maximum Gasteiger partial charge on any atom is 0.162 e. The number of allylic oxidation sites excluding steroid dienone is 1. The van der Waals surface area contributed by atoms with Crippen molar-refractivity contribution in [2.45, 2.75) is 13.0 Å². The van der Waals surface area contributed by atoms with Crippen LogP contribution in [0.2, 0.25) is 0 Å². The number of benzene rings is 2. The van der Waals surface area contributed by atoms with E-state index in [4.69, 9.17) is 0 Å². The second kappa shape index (κ2) is 7.92. The fourth-order valence-corrected chi connectivity index (χ4v) is 4.92. The van der Waals surface area contributed by atoms with E-state index in [0.717, 1.165) is 29.5 Å². The van der Waals surface area contributed by atoms with Gasteiger partial charge in [-0.25, -0.2) is 0 Å². The van der Waals surface area contributed by atoms with Crippen molar-refractivity contribution in [3.8, 4) is 0 Å². The lowest BCUT2D eigenvalue weighted by molar-refractivity contribution is -0.102. The summed E-state index contributed by atoms with van der Waals surface area (Å²) in [7, 11) is 2.23. The summed E-state index contributed by atoms with van der Waals surface area (Å²) in [6.07, 6.45) is 7.69. The zero-order chi connectivity index (χ0) is 20.5. The Balaban J connectivity index is 1.29. The summed E-state index contributed by atoms with van der Waals surface area (Å²) in [4.78, 5) is 12.8. The van der Waals surface area contributed by atoms with E-state index in [-0.39, 0.29) is 0 Å². The van der Waals surface area contributed by atoms with E-state index in [1.165, 1.54) is 47.9 Å². The number of rotatable bonds is 6. The summed E-state index contributed by atoms with van der Waals surface area (Å²) >= 11 is 0. The number of carbonyl (C=O) groups excluding carboxylic acids is 1. The number of likely N-dealkylation sites (tertiary alicyclic amines) is 1. The molecular formula is C25H26N4O. The minimum Gasteiger partial charge on any atom is -0.343 e. The van der Waals surface area contributed by atoms with E-state index in [0.29, 0.717) is 6.29 Å². The minimum absolute atomic E-state index is 0.654. The van der Waals surface area contributed by atoms with E-state index < -0.39 is 0 Å². The molecule has 1 fully saturated rings. The summed E-state index contributed by atoms with van der Waals surface area (Å²) in [5.41, 5.74) is 9.11. The van der Waals surface area contributed by atoms with Crippen molar-refractivity contribution in [3.63, 3.8) is 0 Å². The number of nitrogens with zero attached hydrogens (tertiary/aromatic N) is 3. The number of carbonyl (C=O) groups is 1. The van der Waals surface area contributed by atoms with Crippen molar-refractivity contribution in [1.29, 1.82) is 0 Å². The molecule has 30 heavy (non-hydrogen) atoms. The first-order chi connectivity index (χ1) is 14.7. The monoisotopic (exact) mass is 398 g/mol. The second-order valence-electron chi connectivity index (χ2n) is 8.48. The normalized spacial score (nSPS) is 21.3. The molecule has 0 bridgehead atoms. The lowest BCUT2D eigenvalue weighted by Gasteiger charge is -2.11. The molecule has 2 heterocycles. The standard InChI is InChI=1S/C25H26N4O/c1-28-16-22-12-21(13-23(22)17-28)19-4-2-18(3-5-19)15-29-10-8-20-14-24(6-7-25(20)29)27-26-9-11-30/h2-12,14,22-23,27H,13,15-17H2,1H3/b26-9+/t22-,23+/m0/s1. The maximum atomic E-state index is 10.3. The van der Waals surface area contributed by atoms with Crippen LogP contribution in [-0.4, -0.2) is 42.1 Å². The first-order valence-corrected chi connectivity index (χ1v) is 10.5. The molecule has 2 aromatic carbocycles. The number of nitrogens with one attached hydrogen (secondary N) is 1. The highest BCUT2D eigenvalue weighted by atomic mass is 16.1. The number of fused-ring (bicyclic) bond motifs is 2. The molecule has 1 aliphatic carbocycles. The van der Waals surface area contributed by atoms with Crippen LogP contribution in [0, 0.1) is 11.8 Å². The molecule has 0 amide bonds. The molecule has 0 radical (unpaired) electrons. The van der Waals surface area contributed by atoms with E-state index in [1.807, 2.05) is 12.1 Å². The fraction of sp³-hybridized carbons (Fsp3) is 0.280. The molecular weight excluding hydrogens is 372 g/mol. The molecule has 1 saturated heterocycles. The summed E-state index contributed by atoms with van der Waals surface area (Å²) in [6.45, 7) is 3.27. The van der Waals surface area contributed by atoms with Crippen molar-refractivity contribution in [2.24, 2.45) is 16.9 Å². The van der Waals surface area contributed by atoms with Gasteiger partial charge < -0.3 is 9.47 Å². The first-order valence-electron chi connectivity index (χ1n) is 10.5. The van der Waals surface area contributed by atoms with E-state index in [9.17, 15) is 4.79 Å². The highest BCUT2D eigenvalue weighted by Gasteiger charge is 2.34. The van der Waals surface area contributed by atoms with Gasteiger partial charge in [-0.1, -0.05) is 30.3 Å². The predicted octanol–water partition coefficient (Wildman–Crippen LogP) is 4.25. The van der Waals surface area contributed by atoms with E-state index in [2.05, 4.69) is 75.7 Å². The van der Waals surface area contributed by atoms with Gasteiger partial charge in [0, 0.05) is 36.7 Å². The summed E-state index contributed by atoms with van der Waals surface area (Å²) < 4.78 is 2.26. The van der Waals surface area contributed by atoms with Gasteiger partial charge in [0.15, 0.2) is 6.29 Å². The van der Waals surface area contributed by atoms with Crippen LogP contribution in [0.4, 0.5) is 5.69 Å². The molecule has 0 spiro atoms. The van der Waals surface area contributed by atoms with Gasteiger partial charge in [0.25, 0.3) is 0 Å². The zero-order valence-corrected chi connectivity index (χ0v) is 17.2. The average Bonchev–Trinajstić information content (AvgIpc) is 3.42. The second-order valence-corrected chi connectivity index (χ2v) is 8.48. The van der Waals surface area contributed by atoms with Gasteiger partial charge in [-0.3, -0.25) is 10.2 Å². The Morgan fingerprint density at radius 2 is 2.00 bits per heavy atom. The van der Waals surface area contributed by atoms with Gasteiger partial charge >= 0.3 is 0 Å². The maximum absolute atomic E-state index is 10.3. The summed E-state index contributed by atoms with van der Waals surface area (Å²) in [5, 5.41) is 4.99. The topological polar surface area (TPSA) is 49.6 Å². The number of aromatic nitrogens is 1. The predicted molar refractivity (Wildman–Crippen MR) is 123 cm³/mol. The molecule has 2 aliphatic rings. The Labute approximate surface area is 176 Å². The van der Waals surface area contributed by atoms with Crippen LogP contribution in [0.15, 0.2) is 65.9 Å². The van der Waals surface area contributed by atoms with Crippen molar-refractivity contribution in [1.82, 2.24) is 9.47 Å². The SMILES string of the molecule is CN1C[C@H]2CC(c3ccc(Cn4ccc5cc(N/N=C/C=O)ccc54)cc3)=C[C@H]2C1. The molecule has 5 nitrogen and oxygen atoms in total. The smallest absolute Gasteiger partial charge is 0.162 e. The fourth-order valence-electron chi connectivity index (χ4n) is 4.92. The number of hydrogen-bond acceptors (Lipinski definition) is 4. The van der Waals surface area contributed by atoms with Crippen LogP contribution >= 0.6 is 0 Å². The van der Waals surface area contributed by atoms with Crippen LogP contribution in [0.5, 0.6) is 0 Å². The Hall–Kier alpha value is -3.18. The van der Waals surface area contributed by atoms with Crippen LogP contribution < -0.4 is 5.43 Å². The highest BCUT2D eigenvalue weighted by molar-refractivity contribution is 6.13. The van der Waals surface area contributed by atoms with Crippen LogP contribution in [0.1, 0.15) is 17.5 Å². The molecule has 1 aliphatic heterocycles. The number of anilines is 1. The van der Waals surface area contributed by atoms with Gasteiger partial charge in [0.1, 0.15) is 0 Å². The molecule has 0 unspecified atom stereocenters. The number of hydrazone groups is 1. The van der Waals surface area contributed by atoms with E-state index in [1.54, 1.807) is 0 Å². The lowest BCUT2D eigenvalue weighted by atomic mass is 9.98. The van der Waals surface area contributed by atoms with Crippen molar-refractivity contribution in [3.05, 3.63) is 71.9 Å². The van der Waals surface area contributed by atoms with Crippen LogP contribution in [-0.2, 0) is 11.3 Å². The van der Waals surface area contributed by atoms with Gasteiger partial charge in [0.05, 0.1) is 11.9 Å². The lowest BCUT2D eigenvalue weighted by Crippen LogP contribution is -2.14. The molecule has 0 saturated carbocycles. The molecule has 2 atom stereocenters. The van der Waals surface area contributed by atoms with E-state index >= 15 is 0 Å².